The summed E-state index contributed by atoms with van der Waals surface area (Å²) in [5.41, 5.74) is 2.48. The molecule has 0 amide bonds. The van der Waals surface area contributed by atoms with Crippen LogP contribution >= 0.6 is 0 Å². The monoisotopic (exact) mass is 269 g/mol. The van der Waals surface area contributed by atoms with Gasteiger partial charge in [-0.05, 0) is 11.1 Å². The number of hydrogen-bond acceptors (Lipinski definition) is 2. The average Bonchev–Trinajstić information content (AvgIpc) is 2.49. The highest BCUT2D eigenvalue weighted by atomic mass is 16.4. The molecule has 0 heterocycles. The maximum Gasteiger partial charge on any atom is 0.304 e. The molecule has 0 aliphatic rings. The molecule has 2 N–H and O–H groups in total. The van der Waals surface area contributed by atoms with Crippen LogP contribution in [0.3, 0.4) is 0 Å². The summed E-state index contributed by atoms with van der Waals surface area (Å²) >= 11 is 0. The molecule has 104 valence electrons. The summed E-state index contributed by atoms with van der Waals surface area (Å²) in [5, 5.41) is 11.9. The molecular weight excluding hydrogens is 250 g/mol. The van der Waals surface area contributed by atoms with E-state index < -0.39 is 5.97 Å². The molecule has 3 heteroatoms. The predicted molar refractivity (Wildman–Crippen MR) is 79.8 cm³/mol. The van der Waals surface area contributed by atoms with E-state index in [1.165, 1.54) is 11.1 Å². The number of benzene rings is 2. The Morgan fingerprint density at radius 3 is 1.90 bits per heavy atom. The van der Waals surface area contributed by atoms with Gasteiger partial charge in [0.1, 0.15) is 0 Å². The van der Waals surface area contributed by atoms with Crippen LogP contribution in [0.15, 0.2) is 60.7 Å². The molecule has 2 aromatic rings. The molecule has 3 nitrogen and oxygen atoms in total. The van der Waals surface area contributed by atoms with E-state index in [1.54, 1.807) is 0 Å². The van der Waals surface area contributed by atoms with Gasteiger partial charge in [-0.25, -0.2) is 0 Å². The normalized spacial score (nSPS) is 10.7. The van der Waals surface area contributed by atoms with E-state index in [2.05, 4.69) is 29.6 Å². The highest BCUT2D eigenvalue weighted by Gasteiger charge is 2.13. The van der Waals surface area contributed by atoms with Crippen molar-refractivity contribution in [3.63, 3.8) is 0 Å². The van der Waals surface area contributed by atoms with Gasteiger partial charge in [-0.15, -0.1) is 0 Å². The van der Waals surface area contributed by atoms with Crippen LogP contribution in [-0.2, 0) is 4.79 Å². The molecule has 0 atom stereocenters. The van der Waals surface area contributed by atoms with Crippen molar-refractivity contribution in [3.8, 4) is 0 Å². The zero-order valence-corrected chi connectivity index (χ0v) is 11.3. The lowest BCUT2D eigenvalue weighted by molar-refractivity contribution is -0.136. The first-order chi connectivity index (χ1) is 9.77. The quantitative estimate of drug-likeness (QED) is 0.760. The standard InChI is InChI=1S/C17H19NO2/c19-17(20)11-12-18-13-16(14-7-3-1-4-8-14)15-9-5-2-6-10-15/h1-10,16,18H,11-13H2,(H,19,20). The second kappa shape index (κ2) is 7.46. The molecule has 0 aliphatic heterocycles. The largest absolute Gasteiger partial charge is 0.481 e. The van der Waals surface area contributed by atoms with Crippen molar-refractivity contribution in [2.24, 2.45) is 0 Å². The van der Waals surface area contributed by atoms with Crippen LogP contribution in [0.1, 0.15) is 23.5 Å². The van der Waals surface area contributed by atoms with E-state index in [0.717, 1.165) is 6.54 Å². The van der Waals surface area contributed by atoms with E-state index in [9.17, 15) is 4.79 Å². The molecule has 0 aliphatic carbocycles. The lowest BCUT2D eigenvalue weighted by Gasteiger charge is -2.18. The minimum absolute atomic E-state index is 0.149. The highest BCUT2D eigenvalue weighted by molar-refractivity contribution is 5.66. The molecule has 0 spiro atoms. The number of nitrogens with one attached hydrogen (secondary N) is 1. The van der Waals surface area contributed by atoms with Crippen molar-refractivity contribution in [2.75, 3.05) is 13.1 Å². The highest BCUT2D eigenvalue weighted by Crippen LogP contribution is 2.23. The summed E-state index contributed by atoms with van der Waals surface area (Å²) in [7, 11) is 0. The Labute approximate surface area is 119 Å². The van der Waals surface area contributed by atoms with E-state index >= 15 is 0 Å². The summed E-state index contributed by atoms with van der Waals surface area (Å²) in [5.74, 6) is -0.528. The first-order valence-electron chi connectivity index (χ1n) is 6.80. The summed E-state index contributed by atoms with van der Waals surface area (Å²) in [6, 6.07) is 20.6. The van der Waals surface area contributed by atoms with Gasteiger partial charge in [0.15, 0.2) is 0 Å². The second-order valence-corrected chi connectivity index (χ2v) is 4.72. The van der Waals surface area contributed by atoms with Gasteiger partial charge in [-0.3, -0.25) is 4.79 Å². The van der Waals surface area contributed by atoms with Crippen molar-refractivity contribution in [1.82, 2.24) is 5.32 Å². The van der Waals surface area contributed by atoms with Gasteiger partial charge in [-0.2, -0.15) is 0 Å². The van der Waals surface area contributed by atoms with Gasteiger partial charge in [0.25, 0.3) is 0 Å². The minimum Gasteiger partial charge on any atom is -0.481 e. The molecule has 0 saturated heterocycles. The SMILES string of the molecule is O=C(O)CCNCC(c1ccccc1)c1ccccc1. The molecule has 2 rings (SSSR count). The third kappa shape index (κ3) is 4.21. The Morgan fingerprint density at radius 1 is 0.950 bits per heavy atom. The van der Waals surface area contributed by atoms with E-state index in [4.69, 9.17) is 5.11 Å². The van der Waals surface area contributed by atoms with Crippen LogP contribution in [0.5, 0.6) is 0 Å². The Morgan fingerprint density at radius 2 is 1.45 bits per heavy atom. The van der Waals surface area contributed by atoms with Crippen molar-refractivity contribution >= 4 is 5.97 Å². The lowest BCUT2D eigenvalue weighted by Crippen LogP contribution is -2.24. The van der Waals surface area contributed by atoms with E-state index in [1.807, 2.05) is 36.4 Å². The maximum atomic E-state index is 10.5. The summed E-state index contributed by atoms with van der Waals surface area (Å²) in [4.78, 5) is 10.5. The molecule has 0 aromatic heterocycles. The van der Waals surface area contributed by atoms with Crippen LogP contribution in [-0.4, -0.2) is 24.2 Å². The third-order valence-corrected chi connectivity index (χ3v) is 3.27. The van der Waals surface area contributed by atoms with Crippen LogP contribution in [0.4, 0.5) is 0 Å². The number of rotatable bonds is 7. The smallest absolute Gasteiger partial charge is 0.304 e. The average molecular weight is 269 g/mol. The Hall–Kier alpha value is -2.13. The number of carboxylic acids is 1. The third-order valence-electron chi connectivity index (χ3n) is 3.27. The zero-order chi connectivity index (χ0) is 14.2. The van der Waals surface area contributed by atoms with E-state index in [-0.39, 0.29) is 12.3 Å². The van der Waals surface area contributed by atoms with Gasteiger partial charge >= 0.3 is 5.97 Å². The molecule has 0 unspecified atom stereocenters. The van der Waals surface area contributed by atoms with Gasteiger partial charge in [0, 0.05) is 19.0 Å². The molecule has 0 fully saturated rings. The molecule has 0 bridgehead atoms. The second-order valence-electron chi connectivity index (χ2n) is 4.72. The fraction of sp³-hybridized carbons (Fsp3) is 0.235. The summed E-state index contributed by atoms with van der Waals surface area (Å²) in [6.45, 7) is 1.23. The lowest BCUT2D eigenvalue weighted by atomic mass is 9.91. The summed E-state index contributed by atoms with van der Waals surface area (Å²) < 4.78 is 0. The van der Waals surface area contributed by atoms with Crippen molar-refractivity contribution in [1.29, 1.82) is 0 Å². The Kier molecular flexibility index (Phi) is 5.33. The first kappa shape index (κ1) is 14.3. The summed E-state index contributed by atoms with van der Waals surface area (Å²) in [6.07, 6.45) is 0.149. The number of hydrogen-bond donors (Lipinski definition) is 2. The van der Waals surface area contributed by atoms with Gasteiger partial charge < -0.3 is 10.4 Å². The van der Waals surface area contributed by atoms with Gasteiger partial charge in [0.05, 0.1) is 6.42 Å². The fourth-order valence-electron chi connectivity index (χ4n) is 2.24. The minimum atomic E-state index is -0.770. The first-order valence-corrected chi connectivity index (χ1v) is 6.80. The molecule has 0 radical (unpaired) electrons. The number of aliphatic carboxylic acids is 1. The van der Waals surface area contributed by atoms with Crippen molar-refractivity contribution < 1.29 is 9.90 Å². The predicted octanol–water partition coefficient (Wildman–Crippen LogP) is 2.88. The van der Waals surface area contributed by atoms with Gasteiger partial charge in [0.2, 0.25) is 0 Å². The molecule has 20 heavy (non-hydrogen) atoms. The Bertz CT molecular complexity index is 486. The molecule has 0 saturated carbocycles. The van der Waals surface area contributed by atoms with Crippen molar-refractivity contribution in [3.05, 3.63) is 71.8 Å². The maximum absolute atomic E-state index is 10.5. The molecular formula is C17H19NO2. The van der Waals surface area contributed by atoms with Crippen LogP contribution in [0, 0.1) is 0 Å². The van der Waals surface area contributed by atoms with Crippen LogP contribution < -0.4 is 5.32 Å². The van der Waals surface area contributed by atoms with Crippen LogP contribution in [0.2, 0.25) is 0 Å². The number of carboxylic acid groups (broad SMARTS) is 1. The van der Waals surface area contributed by atoms with Crippen molar-refractivity contribution in [2.45, 2.75) is 12.3 Å². The Balaban J connectivity index is 2.07. The zero-order valence-electron chi connectivity index (χ0n) is 11.3. The molecule has 2 aromatic carbocycles. The topological polar surface area (TPSA) is 49.3 Å². The van der Waals surface area contributed by atoms with Gasteiger partial charge in [-0.1, -0.05) is 60.7 Å². The fourth-order valence-corrected chi connectivity index (χ4v) is 2.24. The van der Waals surface area contributed by atoms with E-state index in [0.29, 0.717) is 6.54 Å². The van der Waals surface area contributed by atoms with Crippen LogP contribution in [0.25, 0.3) is 0 Å². The number of carbonyl (C=O) groups is 1.